The Morgan fingerprint density at radius 3 is 2.58 bits per heavy atom. The van der Waals surface area contributed by atoms with Crippen LogP contribution in [0.4, 0.5) is 11.4 Å². The molecule has 1 unspecified atom stereocenters. The van der Waals surface area contributed by atoms with E-state index in [0.717, 1.165) is 11.1 Å². The number of carbonyl (C=O) groups excluding carboxylic acids is 1. The Kier molecular flexibility index (Phi) is 4.96. The molecule has 3 N–H and O–H groups in total. The van der Waals surface area contributed by atoms with Crippen LogP contribution >= 0.6 is 0 Å². The summed E-state index contributed by atoms with van der Waals surface area (Å²) in [5, 5.41) is 13.4. The van der Waals surface area contributed by atoms with E-state index >= 15 is 0 Å². The van der Waals surface area contributed by atoms with Crippen molar-refractivity contribution in [1.29, 1.82) is 0 Å². The molecule has 0 aromatic heterocycles. The van der Waals surface area contributed by atoms with Crippen LogP contribution in [0.5, 0.6) is 0 Å². The molecule has 0 bridgehead atoms. The highest BCUT2D eigenvalue weighted by Crippen LogP contribution is 2.27. The van der Waals surface area contributed by atoms with Crippen LogP contribution in [0, 0.1) is 24.0 Å². The summed E-state index contributed by atoms with van der Waals surface area (Å²) >= 11 is 0. The molecule has 0 aliphatic carbocycles. The van der Waals surface area contributed by atoms with Crippen LogP contribution in [-0.2, 0) is 9.53 Å². The molecule has 0 aliphatic rings. The first-order chi connectivity index (χ1) is 8.86. The molecule has 0 fully saturated rings. The monoisotopic (exact) mass is 267 g/mol. The average molecular weight is 267 g/mol. The summed E-state index contributed by atoms with van der Waals surface area (Å²) in [6, 6.07) is 2.11. The number of nitrogens with two attached hydrogens (primary N) is 1. The Hall–Kier alpha value is -1.99. The van der Waals surface area contributed by atoms with Crippen LogP contribution < -0.4 is 11.1 Å². The first-order valence-corrected chi connectivity index (χ1v) is 5.67. The van der Waals surface area contributed by atoms with E-state index in [4.69, 9.17) is 10.5 Å². The maximum absolute atomic E-state index is 11.7. The van der Waals surface area contributed by atoms with Crippen LogP contribution in [0.2, 0.25) is 0 Å². The summed E-state index contributed by atoms with van der Waals surface area (Å²) in [5.74, 6) is -0.520. The SMILES string of the molecule is COCC(N)C(=O)Nc1cc(C)c(C)cc1[N+](=O)[O-]. The van der Waals surface area contributed by atoms with E-state index in [1.807, 2.05) is 6.92 Å². The van der Waals surface area contributed by atoms with Gasteiger partial charge in [0.1, 0.15) is 11.7 Å². The largest absolute Gasteiger partial charge is 0.383 e. The van der Waals surface area contributed by atoms with E-state index in [0.29, 0.717) is 0 Å². The Morgan fingerprint density at radius 1 is 1.47 bits per heavy atom. The number of nitrogens with one attached hydrogen (secondary N) is 1. The molecular formula is C12H17N3O4. The Bertz CT molecular complexity index is 502. The number of ether oxygens (including phenoxy) is 1. The van der Waals surface area contributed by atoms with Gasteiger partial charge in [-0.1, -0.05) is 0 Å². The molecule has 19 heavy (non-hydrogen) atoms. The van der Waals surface area contributed by atoms with E-state index in [-0.39, 0.29) is 18.0 Å². The molecule has 0 spiro atoms. The lowest BCUT2D eigenvalue weighted by atomic mass is 10.1. The molecule has 1 atom stereocenters. The van der Waals surface area contributed by atoms with Crippen LogP contribution in [0.1, 0.15) is 11.1 Å². The summed E-state index contributed by atoms with van der Waals surface area (Å²) in [5.41, 5.74) is 7.19. The molecule has 0 aliphatic heterocycles. The molecule has 7 nitrogen and oxygen atoms in total. The normalized spacial score (nSPS) is 12.0. The van der Waals surface area contributed by atoms with Gasteiger partial charge in [0, 0.05) is 13.2 Å². The van der Waals surface area contributed by atoms with Gasteiger partial charge >= 0.3 is 0 Å². The number of hydrogen-bond acceptors (Lipinski definition) is 5. The summed E-state index contributed by atoms with van der Waals surface area (Å²) < 4.78 is 4.76. The van der Waals surface area contributed by atoms with Crippen LogP contribution in [0.15, 0.2) is 12.1 Å². The van der Waals surface area contributed by atoms with Gasteiger partial charge in [-0.25, -0.2) is 0 Å². The maximum Gasteiger partial charge on any atom is 0.293 e. The summed E-state index contributed by atoms with van der Waals surface area (Å²) in [6.45, 7) is 3.62. The smallest absolute Gasteiger partial charge is 0.293 e. The molecule has 0 saturated carbocycles. The van der Waals surface area contributed by atoms with Gasteiger partial charge in [0.2, 0.25) is 5.91 Å². The number of methoxy groups -OCH3 is 1. The van der Waals surface area contributed by atoms with Crippen molar-refractivity contribution in [2.45, 2.75) is 19.9 Å². The number of hydrogen-bond donors (Lipinski definition) is 2. The molecule has 0 saturated heterocycles. The number of benzene rings is 1. The summed E-state index contributed by atoms with van der Waals surface area (Å²) in [7, 11) is 1.42. The van der Waals surface area contributed by atoms with Crippen molar-refractivity contribution in [2.24, 2.45) is 5.73 Å². The van der Waals surface area contributed by atoms with Crippen LogP contribution in [0.3, 0.4) is 0 Å². The Labute approximate surface area is 110 Å². The highest BCUT2D eigenvalue weighted by Gasteiger charge is 2.20. The minimum atomic E-state index is -0.869. The fraction of sp³-hybridized carbons (Fsp3) is 0.417. The summed E-state index contributed by atoms with van der Waals surface area (Å²) in [6.07, 6.45) is 0. The zero-order valence-corrected chi connectivity index (χ0v) is 11.1. The second kappa shape index (κ2) is 6.26. The first-order valence-electron chi connectivity index (χ1n) is 5.67. The lowest BCUT2D eigenvalue weighted by molar-refractivity contribution is -0.384. The van der Waals surface area contributed by atoms with Gasteiger partial charge in [-0.3, -0.25) is 14.9 Å². The molecule has 1 amide bonds. The van der Waals surface area contributed by atoms with Crippen molar-refractivity contribution in [1.82, 2.24) is 0 Å². The Morgan fingerprint density at radius 2 is 2.05 bits per heavy atom. The quantitative estimate of drug-likeness (QED) is 0.614. The zero-order valence-electron chi connectivity index (χ0n) is 11.1. The van der Waals surface area contributed by atoms with E-state index in [1.54, 1.807) is 13.0 Å². The summed E-state index contributed by atoms with van der Waals surface area (Å²) in [4.78, 5) is 22.2. The predicted molar refractivity (Wildman–Crippen MR) is 71.1 cm³/mol. The number of nitrogens with zero attached hydrogens (tertiary/aromatic N) is 1. The molecule has 104 valence electrons. The maximum atomic E-state index is 11.7. The van der Waals surface area contributed by atoms with Crippen molar-refractivity contribution in [3.05, 3.63) is 33.4 Å². The minimum Gasteiger partial charge on any atom is -0.383 e. The van der Waals surface area contributed by atoms with Crippen molar-refractivity contribution < 1.29 is 14.5 Å². The number of nitro benzene ring substituents is 1. The molecule has 1 aromatic rings. The number of rotatable bonds is 5. The second-order valence-corrected chi connectivity index (χ2v) is 4.26. The highest BCUT2D eigenvalue weighted by atomic mass is 16.6. The van der Waals surface area contributed by atoms with Gasteiger partial charge in [0.25, 0.3) is 5.69 Å². The van der Waals surface area contributed by atoms with Crippen molar-refractivity contribution in [3.8, 4) is 0 Å². The third-order valence-electron chi connectivity index (χ3n) is 2.75. The highest BCUT2D eigenvalue weighted by molar-refractivity contribution is 5.96. The fourth-order valence-corrected chi connectivity index (χ4v) is 1.53. The number of anilines is 1. The van der Waals surface area contributed by atoms with E-state index < -0.39 is 16.9 Å². The van der Waals surface area contributed by atoms with Crippen molar-refractivity contribution in [2.75, 3.05) is 19.0 Å². The number of amides is 1. The van der Waals surface area contributed by atoms with Crippen LogP contribution in [0.25, 0.3) is 0 Å². The molecule has 0 radical (unpaired) electrons. The lowest BCUT2D eigenvalue weighted by Crippen LogP contribution is -2.39. The first kappa shape index (κ1) is 15.1. The third kappa shape index (κ3) is 3.73. The van der Waals surface area contributed by atoms with E-state index in [2.05, 4.69) is 5.32 Å². The minimum absolute atomic E-state index is 0.0461. The molecule has 0 heterocycles. The van der Waals surface area contributed by atoms with E-state index in [1.165, 1.54) is 13.2 Å². The third-order valence-corrected chi connectivity index (χ3v) is 2.75. The lowest BCUT2D eigenvalue weighted by Gasteiger charge is -2.12. The van der Waals surface area contributed by atoms with Gasteiger partial charge < -0.3 is 15.8 Å². The van der Waals surface area contributed by atoms with Gasteiger partial charge in [-0.2, -0.15) is 0 Å². The van der Waals surface area contributed by atoms with Gasteiger partial charge in [0.15, 0.2) is 0 Å². The molecule has 7 heteroatoms. The van der Waals surface area contributed by atoms with Gasteiger partial charge in [-0.15, -0.1) is 0 Å². The second-order valence-electron chi connectivity index (χ2n) is 4.26. The predicted octanol–water partition coefficient (Wildman–Crippen LogP) is 1.12. The standard InChI is InChI=1S/C12H17N3O4/c1-7-4-10(11(15(17)18)5-8(7)2)14-12(16)9(13)6-19-3/h4-5,9H,6,13H2,1-3H3,(H,14,16). The van der Waals surface area contributed by atoms with Crippen molar-refractivity contribution in [3.63, 3.8) is 0 Å². The fourth-order valence-electron chi connectivity index (χ4n) is 1.53. The van der Waals surface area contributed by atoms with Gasteiger partial charge in [0.05, 0.1) is 11.5 Å². The van der Waals surface area contributed by atoms with Gasteiger partial charge in [-0.05, 0) is 31.0 Å². The number of carbonyl (C=O) groups is 1. The zero-order chi connectivity index (χ0) is 14.6. The molecule has 1 aromatic carbocycles. The topological polar surface area (TPSA) is 107 Å². The number of aryl methyl sites for hydroxylation is 2. The van der Waals surface area contributed by atoms with Crippen molar-refractivity contribution >= 4 is 17.3 Å². The Balaban J connectivity index is 3.03. The molecule has 1 rings (SSSR count). The molecular weight excluding hydrogens is 250 g/mol. The van der Waals surface area contributed by atoms with E-state index in [9.17, 15) is 14.9 Å². The number of nitro groups is 1. The van der Waals surface area contributed by atoms with Crippen LogP contribution in [-0.4, -0.2) is 30.6 Å². The average Bonchev–Trinajstić information content (AvgIpc) is 2.33.